The summed E-state index contributed by atoms with van der Waals surface area (Å²) in [6, 6.07) is -0.265. The summed E-state index contributed by atoms with van der Waals surface area (Å²) < 4.78 is 5.10. The first-order valence-electron chi connectivity index (χ1n) is 7.61. The first-order chi connectivity index (χ1) is 9.39. The molecular weight excluding hydrogens is 256 g/mol. The number of nitrogens with zero attached hydrogens (tertiary/aromatic N) is 1. The van der Waals surface area contributed by atoms with E-state index in [4.69, 9.17) is 4.74 Å². The van der Waals surface area contributed by atoms with Crippen LogP contribution in [0.15, 0.2) is 0 Å². The first-order valence-corrected chi connectivity index (χ1v) is 7.61. The maximum atomic E-state index is 12.1. The molecular formula is C15H28N2O3. The van der Waals surface area contributed by atoms with Crippen molar-refractivity contribution in [3.63, 3.8) is 0 Å². The van der Waals surface area contributed by atoms with Gasteiger partial charge in [-0.1, -0.05) is 13.3 Å². The Morgan fingerprint density at radius 3 is 2.60 bits per heavy atom. The van der Waals surface area contributed by atoms with Crippen molar-refractivity contribution >= 4 is 11.9 Å². The Morgan fingerprint density at radius 2 is 2.00 bits per heavy atom. The van der Waals surface area contributed by atoms with Gasteiger partial charge < -0.3 is 10.1 Å². The molecule has 1 saturated heterocycles. The topological polar surface area (TPSA) is 58.6 Å². The molecule has 1 N–H and O–H groups in total. The summed E-state index contributed by atoms with van der Waals surface area (Å²) in [6.45, 7) is 9.30. The average molecular weight is 284 g/mol. The predicted octanol–water partition coefficient (Wildman–Crippen LogP) is 1.71. The molecule has 1 aliphatic heterocycles. The molecule has 0 saturated carbocycles. The van der Waals surface area contributed by atoms with Crippen LogP contribution in [0.4, 0.5) is 0 Å². The molecule has 5 nitrogen and oxygen atoms in total. The molecule has 20 heavy (non-hydrogen) atoms. The molecule has 1 atom stereocenters. The van der Waals surface area contributed by atoms with Crippen molar-refractivity contribution in [2.45, 2.75) is 65.0 Å². The van der Waals surface area contributed by atoms with E-state index in [1.165, 1.54) is 0 Å². The van der Waals surface area contributed by atoms with E-state index in [9.17, 15) is 9.59 Å². The van der Waals surface area contributed by atoms with Crippen LogP contribution >= 0.6 is 0 Å². The lowest BCUT2D eigenvalue weighted by Gasteiger charge is -2.34. The van der Waals surface area contributed by atoms with E-state index in [0.29, 0.717) is 6.61 Å². The minimum Gasteiger partial charge on any atom is -0.465 e. The summed E-state index contributed by atoms with van der Waals surface area (Å²) in [6.07, 6.45) is 3.70. The van der Waals surface area contributed by atoms with Gasteiger partial charge in [-0.15, -0.1) is 0 Å². The van der Waals surface area contributed by atoms with Crippen molar-refractivity contribution in [2.24, 2.45) is 0 Å². The van der Waals surface area contributed by atoms with Gasteiger partial charge in [0.2, 0.25) is 5.91 Å². The Morgan fingerprint density at radius 1 is 1.30 bits per heavy atom. The third kappa shape index (κ3) is 5.12. The number of hydrogen-bond acceptors (Lipinski definition) is 4. The van der Waals surface area contributed by atoms with E-state index < -0.39 is 0 Å². The fourth-order valence-electron chi connectivity index (χ4n) is 2.38. The third-order valence-corrected chi connectivity index (χ3v) is 3.88. The number of piperidine rings is 1. The fourth-order valence-corrected chi connectivity index (χ4v) is 2.38. The molecule has 0 aromatic rings. The number of ether oxygens (including phenoxy) is 1. The number of nitrogens with one attached hydrogen (secondary N) is 1. The normalized spacial score (nSPS) is 20.5. The van der Waals surface area contributed by atoms with Gasteiger partial charge in [0.1, 0.15) is 6.04 Å². The highest BCUT2D eigenvalue weighted by Gasteiger charge is 2.31. The highest BCUT2D eigenvalue weighted by molar-refractivity contribution is 5.81. The van der Waals surface area contributed by atoms with Crippen LogP contribution in [0.25, 0.3) is 0 Å². The summed E-state index contributed by atoms with van der Waals surface area (Å²) in [5, 5.41) is 3.01. The molecule has 0 spiro atoms. The van der Waals surface area contributed by atoms with Crippen LogP contribution in [0.3, 0.4) is 0 Å². The average Bonchev–Trinajstić information content (AvgIpc) is 2.39. The zero-order valence-electron chi connectivity index (χ0n) is 13.2. The SMILES string of the molecule is CCOC(=O)C1CCCCN1CC(=O)NC(C)(C)CC. The first kappa shape index (κ1) is 17.0. The largest absolute Gasteiger partial charge is 0.465 e. The molecule has 0 radical (unpaired) electrons. The molecule has 1 heterocycles. The highest BCUT2D eigenvalue weighted by Crippen LogP contribution is 2.18. The fraction of sp³-hybridized carbons (Fsp3) is 0.867. The lowest BCUT2D eigenvalue weighted by atomic mass is 10.0. The molecule has 0 aromatic heterocycles. The van der Waals surface area contributed by atoms with Gasteiger partial charge in [-0.2, -0.15) is 0 Å². The second kappa shape index (κ2) is 7.62. The van der Waals surface area contributed by atoms with E-state index in [2.05, 4.69) is 5.32 Å². The van der Waals surface area contributed by atoms with Crippen LogP contribution in [-0.2, 0) is 14.3 Å². The minimum atomic E-state index is -0.265. The number of likely N-dealkylation sites (tertiary alicyclic amines) is 1. The standard InChI is InChI=1S/C15H28N2O3/c1-5-15(3,4)16-13(18)11-17-10-8-7-9-12(17)14(19)20-6-2/h12H,5-11H2,1-4H3,(H,16,18). The van der Waals surface area contributed by atoms with Crippen molar-refractivity contribution < 1.29 is 14.3 Å². The van der Waals surface area contributed by atoms with E-state index in [0.717, 1.165) is 32.2 Å². The zero-order chi connectivity index (χ0) is 15.2. The maximum absolute atomic E-state index is 12.1. The Hall–Kier alpha value is -1.10. The van der Waals surface area contributed by atoms with Crippen molar-refractivity contribution in [1.29, 1.82) is 0 Å². The van der Waals surface area contributed by atoms with Gasteiger partial charge in [-0.25, -0.2) is 0 Å². The number of carbonyl (C=O) groups is 2. The second-order valence-electron chi connectivity index (χ2n) is 6.02. The highest BCUT2D eigenvalue weighted by atomic mass is 16.5. The number of rotatable bonds is 6. The van der Waals surface area contributed by atoms with Crippen molar-refractivity contribution in [2.75, 3.05) is 19.7 Å². The van der Waals surface area contributed by atoms with Crippen LogP contribution in [0.1, 0.15) is 53.4 Å². The zero-order valence-corrected chi connectivity index (χ0v) is 13.2. The molecule has 5 heteroatoms. The van der Waals surface area contributed by atoms with Crippen LogP contribution in [-0.4, -0.2) is 48.1 Å². The third-order valence-electron chi connectivity index (χ3n) is 3.88. The summed E-state index contributed by atoms with van der Waals surface area (Å²) in [4.78, 5) is 26.0. The number of amides is 1. The molecule has 1 unspecified atom stereocenters. The summed E-state index contributed by atoms with van der Waals surface area (Å²) in [5.41, 5.74) is -0.202. The molecule has 1 aliphatic rings. The quantitative estimate of drug-likeness (QED) is 0.754. The number of esters is 1. The van der Waals surface area contributed by atoms with E-state index in [1.54, 1.807) is 0 Å². The second-order valence-corrected chi connectivity index (χ2v) is 6.02. The van der Waals surface area contributed by atoms with Crippen LogP contribution in [0.5, 0.6) is 0 Å². The summed E-state index contributed by atoms with van der Waals surface area (Å²) in [5.74, 6) is -0.220. The summed E-state index contributed by atoms with van der Waals surface area (Å²) >= 11 is 0. The van der Waals surface area contributed by atoms with Gasteiger partial charge in [0.25, 0.3) is 0 Å². The van der Waals surface area contributed by atoms with Gasteiger partial charge in [0, 0.05) is 5.54 Å². The van der Waals surface area contributed by atoms with E-state index in [1.807, 2.05) is 32.6 Å². The van der Waals surface area contributed by atoms with Crippen molar-refractivity contribution in [1.82, 2.24) is 10.2 Å². The van der Waals surface area contributed by atoms with Crippen molar-refractivity contribution in [3.05, 3.63) is 0 Å². The molecule has 0 aromatic carbocycles. The summed E-state index contributed by atoms with van der Waals surface area (Å²) in [7, 11) is 0. The van der Waals surface area contributed by atoms with Gasteiger partial charge in [-0.3, -0.25) is 14.5 Å². The minimum absolute atomic E-state index is 0.0203. The Balaban J connectivity index is 2.58. The Bertz CT molecular complexity index is 342. The lowest BCUT2D eigenvalue weighted by Crippen LogP contribution is -2.52. The molecule has 0 bridgehead atoms. The Labute approximate surface area is 122 Å². The smallest absolute Gasteiger partial charge is 0.323 e. The number of hydrogen-bond donors (Lipinski definition) is 1. The van der Waals surface area contributed by atoms with E-state index >= 15 is 0 Å². The van der Waals surface area contributed by atoms with Crippen molar-refractivity contribution in [3.8, 4) is 0 Å². The number of carbonyl (C=O) groups excluding carboxylic acids is 2. The predicted molar refractivity (Wildman–Crippen MR) is 78.4 cm³/mol. The van der Waals surface area contributed by atoms with Gasteiger partial charge in [-0.05, 0) is 46.6 Å². The Kier molecular flexibility index (Phi) is 6.46. The van der Waals surface area contributed by atoms with Crippen LogP contribution in [0, 0.1) is 0 Å². The molecule has 0 aliphatic carbocycles. The molecule has 116 valence electrons. The van der Waals surface area contributed by atoms with Gasteiger partial charge in [0.15, 0.2) is 0 Å². The lowest BCUT2D eigenvalue weighted by molar-refractivity contribution is -0.151. The molecule has 1 rings (SSSR count). The maximum Gasteiger partial charge on any atom is 0.323 e. The van der Waals surface area contributed by atoms with E-state index in [-0.39, 0.29) is 30.0 Å². The van der Waals surface area contributed by atoms with Crippen LogP contribution < -0.4 is 5.32 Å². The molecule has 1 fully saturated rings. The monoisotopic (exact) mass is 284 g/mol. The van der Waals surface area contributed by atoms with Gasteiger partial charge in [0.05, 0.1) is 13.2 Å². The molecule has 1 amide bonds. The van der Waals surface area contributed by atoms with Gasteiger partial charge >= 0.3 is 5.97 Å². The van der Waals surface area contributed by atoms with Crippen LogP contribution in [0.2, 0.25) is 0 Å².